The van der Waals surface area contributed by atoms with Crippen LogP contribution in [0.5, 0.6) is 5.75 Å². The number of para-hydroxylation sites is 1. The lowest BCUT2D eigenvalue weighted by molar-refractivity contribution is -0.141. The number of likely N-dealkylation sites (tertiary alicyclic amines) is 1. The quantitative estimate of drug-likeness (QED) is 0.868. The Morgan fingerprint density at radius 1 is 1.36 bits per heavy atom. The Morgan fingerprint density at radius 3 is 2.73 bits per heavy atom. The van der Waals surface area contributed by atoms with Crippen molar-refractivity contribution in [1.82, 2.24) is 4.90 Å². The van der Waals surface area contributed by atoms with E-state index in [4.69, 9.17) is 4.74 Å². The highest BCUT2D eigenvalue weighted by Gasteiger charge is 2.41. The number of aliphatic carboxylic acids is 1. The van der Waals surface area contributed by atoms with Gasteiger partial charge in [0.15, 0.2) is 0 Å². The van der Waals surface area contributed by atoms with E-state index in [-0.39, 0.29) is 18.4 Å². The molecule has 1 aliphatic rings. The first-order valence-corrected chi connectivity index (χ1v) is 8.60. The SMILES string of the molecule is COc1ccccc1[C@@H]1CN(C(=O)CCSC)C[C@H]1C(=O)O. The van der Waals surface area contributed by atoms with Crippen LogP contribution in [0.15, 0.2) is 24.3 Å². The van der Waals surface area contributed by atoms with E-state index in [1.54, 1.807) is 23.8 Å². The largest absolute Gasteiger partial charge is 0.496 e. The van der Waals surface area contributed by atoms with Crippen LogP contribution in [0.2, 0.25) is 0 Å². The molecule has 1 fully saturated rings. The minimum absolute atomic E-state index is 0.0259. The zero-order valence-electron chi connectivity index (χ0n) is 12.8. The molecule has 5 nitrogen and oxygen atoms in total. The predicted molar refractivity (Wildman–Crippen MR) is 86.4 cm³/mol. The summed E-state index contributed by atoms with van der Waals surface area (Å²) < 4.78 is 5.35. The fourth-order valence-corrected chi connectivity index (χ4v) is 3.27. The summed E-state index contributed by atoms with van der Waals surface area (Å²) in [6, 6.07) is 7.44. The Bertz CT molecular complexity index is 549. The van der Waals surface area contributed by atoms with Crippen molar-refractivity contribution in [2.45, 2.75) is 12.3 Å². The maximum absolute atomic E-state index is 12.2. The lowest BCUT2D eigenvalue weighted by Gasteiger charge is -2.18. The number of hydrogen-bond donors (Lipinski definition) is 1. The van der Waals surface area contributed by atoms with Gasteiger partial charge in [-0.15, -0.1) is 0 Å². The Labute approximate surface area is 134 Å². The molecule has 0 saturated carbocycles. The van der Waals surface area contributed by atoms with E-state index in [2.05, 4.69) is 0 Å². The van der Waals surface area contributed by atoms with Gasteiger partial charge in [0.2, 0.25) is 5.91 Å². The number of carboxylic acids is 1. The van der Waals surface area contributed by atoms with Crippen molar-refractivity contribution >= 4 is 23.6 Å². The number of nitrogens with zero attached hydrogens (tertiary/aromatic N) is 1. The van der Waals surface area contributed by atoms with Gasteiger partial charge in [-0.3, -0.25) is 9.59 Å². The second-order valence-electron chi connectivity index (χ2n) is 5.33. The van der Waals surface area contributed by atoms with Crippen molar-refractivity contribution in [1.29, 1.82) is 0 Å². The summed E-state index contributed by atoms with van der Waals surface area (Å²) >= 11 is 1.62. The number of benzene rings is 1. The molecule has 0 radical (unpaired) electrons. The summed E-state index contributed by atoms with van der Waals surface area (Å²) in [4.78, 5) is 25.4. The lowest BCUT2D eigenvalue weighted by Crippen LogP contribution is -2.30. The van der Waals surface area contributed by atoms with Crippen LogP contribution in [0.3, 0.4) is 0 Å². The fourth-order valence-electron chi connectivity index (χ4n) is 2.89. The maximum Gasteiger partial charge on any atom is 0.308 e. The molecule has 1 heterocycles. The number of methoxy groups -OCH3 is 1. The zero-order valence-corrected chi connectivity index (χ0v) is 13.6. The number of hydrogen-bond acceptors (Lipinski definition) is 4. The molecular weight excluding hydrogens is 302 g/mol. The average molecular weight is 323 g/mol. The topological polar surface area (TPSA) is 66.8 Å². The Hall–Kier alpha value is -1.69. The molecule has 0 unspecified atom stereocenters. The number of thioether (sulfide) groups is 1. The number of amides is 1. The zero-order chi connectivity index (χ0) is 16.1. The normalized spacial score (nSPS) is 20.9. The van der Waals surface area contributed by atoms with E-state index in [0.29, 0.717) is 18.7 Å². The van der Waals surface area contributed by atoms with Crippen molar-refractivity contribution in [3.05, 3.63) is 29.8 Å². The number of carboxylic acid groups (broad SMARTS) is 1. The first kappa shape index (κ1) is 16.7. The Morgan fingerprint density at radius 2 is 2.09 bits per heavy atom. The van der Waals surface area contributed by atoms with Crippen LogP contribution in [0.1, 0.15) is 17.9 Å². The second-order valence-corrected chi connectivity index (χ2v) is 6.32. The number of carbonyl (C=O) groups is 2. The third-order valence-electron chi connectivity index (χ3n) is 4.05. The molecule has 1 saturated heterocycles. The molecular formula is C16H21NO4S. The van der Waals surface area contributed by atoms with Gasteiger partial charge in [0.1, 0.15) is 5.75 Å². The van der Waals surface area contributed by atoms with Crippen LogP contribution in [-0.4, -0.2) is 54.1 Å². The van der Waals surface area contributed by atoms with Crippen molar-refractivity contribution in [2.75, 3.05) is 32.2 Å². The standard InChI is InChI=1S/C16H21NO4S/c1-21-14-6-4-3-5-11(14)12-9-17(10-13(12)16(19)20)15(18)7-8-22-2/h3-6,12-13H,7-10H2,1-2H3,(H,19,20)/t12-,13+/m0/s1. The molecule has 22 heavy (non-hydrogen) atoms. The smallest absolute Gasteiger partial charge is 0.308 e. The number of carbonyl (C=O) groups excluding carboxylic acids is 1. The van der Waals surface area contributed by atoms with Crippen molar-refractivity contribution in [2.24, 2.45) is 5.92 Å². The van der Waals surface area contributed by atoms with E-state index in [9.17, 15) is 14.7 Å². The summed E-state index contributed by atoms with van der Waals surface area (Å²) in [5.74, 6) is -0.223. The summed E-state index contributed by atoms with van der Waals surface area (Å²) in [7, 11) is 1.57. The molecule has 1 N–H and O–H groups in total. The van der Waals surface area contributed by atoms with Crippen molar-refractivity contribution in [3.8, 4) is 5.75 Å². The van der Waals surface area contributed by atoms with Crippen LogP contribution in [0.4, 0.5) is 0 Å². The molecule has 0 aliphatic carbocycles. The minimum atomic E-state index is -0.865. The molecule has 0 spiro atoms. The van der Waals surface area contributed by atoms with Gasteiger partial charge >= 0.3 is 5.97 Å². The third-order valence-corrected chi connectivity index (χ3v) is 4.66. The highest BCUT2D eigenvalue weighted by atomic mass is 32.2. The van der Waals surface area contributed by atoms with Gasteiger partial charge in [-0.05, 0) is 17.9 Å². The van der Waals surface area contributed by atoms with E-state index in [1.165, 1.54) is 0 Å². The van der Waals surface area contributed by atoms with Crippen molar-refractivity contribution < 1.29 is 19.4 Å². The van der Waals surface area contributed by atoms with E-state index < -0.39 is 11.9 Å². The van der Waals surface area contributed by atoms with Crippen LogP contribution in [-0.2, 0) is 9.59 Å². The Balaban J connectivity index is 2.22. The minimum Gasteiger partial charge on any atom is -0.496 e. The monoisotopic (exact) mass is 323 g/mol. The highest BCUT2D eigenvalue weighted by molar-refractivity contribution is 7.98. The maximum atomic E-state index is 12.2. The summed E-state index contributed by atoms with van der Waals surface area (Å²) in [5, 5.41) is 9.50. The summed E-state index contributed by atoms with van der Waals surface area (Å²) in [6.45, 7) is 0.704. The van der Waals surface area contributed by atoms with E-state index >= 15 is 0 Å². The van der Waals surface area contributed by atoms with Gasteiger partial charge < -0.3 is 14.7 Å². The van der Waals surface area contributed by atoms with Crippen molar-refractivity contribution in [3.63, 3.8) is 0 Å². The van der Waals surface area contributed by atoms with Crippen LogP contribution < -0.4 is 4.74 Å². The molecule has 1 aliphatic heterocycles. The number of ether oxygens (including phenoxy) is 1. The lowest BCUT2D eigenvalue weighted by atomic mass is 9.88. The molecule has 1 amide bonds. The summed E-state index contributed by atoms with van der Waals surface area (Å²) in [5.41, 5.74) is 0.859. The predicted octanol–water partition coefficient (Wildman–Crippen LogP) is 2.07. The van der Waals surface area contributed by atoms with Gasteiger partial charge in [0.25, 0.3) is 0 Å². The molecule has 0 aromatic heterocycles. The molecule has 1 aromatic rings. The molecule has 120 valence electrons. The van der Waals surface area contributed by atoms with Gasteiger partial charge in [0, 0.05) is 31.2 Å². The Kier molecular flexibility index (Phi) is 5.71. The second kappa shape index (κ2) is 7.54. The first-order chi connectivity index (χ1) is 10.6. The molecule has 0 bridgehead atoms. The van der Waals surface area contributed by atoms with Gasteiger partial charge in [0.05, 0.1) is 13.0 Å². The summed E-state index contributed by atoms with van der Waals surface area (Å²) in [6.07, 6.45) is 2.40. The van der Waals surface area contributed by atoms with Crippen LogP contribution in [0.25, 0.3) is 0 Å². The van der Waals surface area contributed by atoms with E-state index in [0.717, 1.165) is 11.3 Å². The number of rotatable bonds is 6. The van der Waals surface area contributed by atoms with Gasteiger partial charge in [-0.25, -0.2) is 0 Å². The van der Waals surface area contributed by atoms with Gasteiger partial charge in [-0.2, -0.15) is 11.8 Å². The van der Waals surface area contributed by atoms with Gasteiger partial charge in [-0.1, -0.05) is 18.2 Å². The van der Waals surface area contributed by atoms with E-state index in [1.807, 2.05) is 30.5 Å². The van der Waals surface area contributed by atoms with Crippen LogP contribution >= 0.6 is 11.8 Å². The van der Waals surface area contributed by atoms with Crippen LogP contribution in [0, 0.1) is 5.92 Å². The average Bonchev–Trinajstić information content (AvgIpc) is 2.98. The third kappa shape index (κ3) is 3.55. The molecule has 2 rings (SSSR count). The molecule has 2 atom stereocenters. The molecule has 1 aromatic carbocycles. The first-order valence-electron chi connectivity index (χ1n) is 7.21. The fraction of sp³-hybridized carbons (Fsp3) is 0.500. The molecule has 6 heteroatoms. The highest BCUT2D eigenvalue weighted by Crippen LogP contribution is 2.37.